The maximum Gasteiger partial charge on any atom is 0.191 e. The quantitative estimate of drug-likeness (QED) is 0.492. The van der Waals surface area contributed by atoms with Crippen LogP contribution >= 0.6 is 11.8 Å². The van der Waals surface area contributed by atoms with E-state index in [-0.39, 0.29) is 5.75 Å². The van der Waals surface area contributed by atoms with Crippen LogP contribution < -0.4 is 5.73 Å². The highest BCUT2D eigenvalue weighted by Gasteiger charge is 2.06. The van der Waals surface area contributed by atoms with Crippen molar-refractivity contribution in [2.24, 2.45) is 7.05 Å². The summed E-state index contributed by atoms with van der Waals surface area (Å²) in [4.78, 5) is 0. The molecule has 0 aliphatic rings. The van der Waals surface area contributed by atoms with Crippen molar-refractivity contribution in [1.82, 2.24) is 14.8 Å². The van der Waals surface area contributed by atoms with Gasteiger partial charge in [-0.1, -0.05) is 17.8 Å². The zero-order chi connectivity index (χ0) is 12.4. The third-order valence-corrected chi connectivity index (χ3v) is 3.60. The fraction of sp³-hybridized carbons (Fsp3) is 0.273. The van der Waals surface area contributed by atoms with E-state index in [4.69, 9.17) is 5.73 Å². The number of hydrogen-bond acceptors (Lipinski definition) is 5. The van der Waals surface area contributed by atoms with Gasteiger partial charge < -0.3 is 15.4 Å². The van der Waals surface area contributed by atoms with E-state index in [9.17, 15) is 5.11 Å². The summed E-state index contributed by atoms with van der Waals surface area (Å²) in [5.74, 6) is 1.75. The van der Waals surface area contributed by atoms with Gasteiger partial charge in [0, 0.05) is 12.8 Å². The lowest BCUT2D eigenvalue weighted by molar-refractivity contribution is 0.478. The van der Waals surface area contributed by atoms with Gasteiger partial charge >= 0.3 is 0 Å². The van der Waals surface area contributed by atoms with Gasteiger partial charge in [-0.25, -0.2) is 0 Å². The lowest BCUT2D eigenvalue weighted by Crippen LogP contribution is -1.94. The summed E-state index contributed by atoms with van der Waals surface area (Å²) in [6.45, 7) is 1.91. The van der Waals surface area contributed by atoms with Gasteiger partial charge in [-0.3, -0.25) is 0 Å². The molecule has 90 valence electrons. The third-order valence-electron chi connectivity index (χ3n) is 2.51. The van der Waals surface area contributed by atoms with Crippen LogP contribution in [0.25, 0.3) is 0 Å². The molecule has 17 heavy (non-hydrogen) atoms. The van der Waals surface area contributed by atoms with Crippen LogP contribution in [0.15, 0.2) is 23.4 Å². The predicted octanol–water partition coefficient (Wildman–Crippen LogP) is 1.70. The fourth-order valence-electron chi connectivity index (χ4n) is 1.36. The molecule has 0 amide bonds. The van der Waals surface area contributed by atoms with Gasteiger partial charge in [0.05, 0.1) is 5.69 Å². The van der Waals surface area contributed by atoms with Crippen LogP contribution in [0.3, 0.4) is 0 Å². The van der Waals surface area contributed by atoms with E-state index in [0.717, 1.165) is 22.3 Å². The van der Waals surface area contributed by atoms with Gasteiger partial charge in [0.15, 0.2) is 5.16 Å². The first-order valence-electron chi connectivity index (χ1n) is 5.14. The molecular formula is C11H14N4OS. The number of nitrogens with two attached hydrogens (primary N) is 1. The Hall–Kier alpha value is -1.69. The second kappa shape index (κ2) is 4.67. The average Bonchev–Trinajstić information content (AvgIpc) is 2.62. The van der Waals surface area contributed by atoms with Crippen molar-refractivity contribution in [3.05, 3.63) is 29.6 Å². The minimum atomic E-state index is 0.119. The van der Waals surface area contributed by atoms with E-state index in [1.807, 2.05) is 24.6 Å². The van der Waals surface area contributed by atoms with Crippen LogP contribution in [-0.4, -0.2) is 19.9 Å². The number of aromatic hydroxyl groups is 1. The van der Waals surface area contributed by atoms with Crippen molar-refractivity contribution < 1.29 is 5.11 Å². The molecule has 0 fully saturated rings. The molecule has 0 saturated heterocycles. The Balaban J connectivity index is 2.07. The number of thioether (sulfide) groups is 1. The number of anilines is 1. The lowest BCUT2D eigenvalue weighted by Gasteiger charge is -2.04. The van der Waals surface area contributed by atoms with Crippen molar-refractivity contribution >= 4 is 17.4 Å². The molecule has 0 atom stereocenters. The minimum absolute atomic E-state index is 0.119. The Morgan fingerprint density at radius 2 is 2.18 bits per heavy atom. The van der Waals surface area contributed by atoms with Gasteiger partial charge in [-0.15, -0.1) is 10.2 Å². The molecule has 0 saturated carbocycles. The Bertz CT molecular complexity index is 538. The minimum Gasteiger partial charge on any atom is -0.506 e. The number of benzene rings is 1. The summed E-state index contributed by atoms with van der Waals surface area (Å²) >= 11 is 1.59. The van der Waals surface area contributed by atoms with Crippen molar-refractivity contribution in [3.8, 4) is 5.75 Å². The SMILES string of the molecule is Cc1nnc(SCc2ccc(O)c(N)c2)n1C. The molecule has 5 nitrogen and oxygen atoms in total. The highest BCUT2D eigenvalue weighted by atomic mass is 32.2. The molecule has 0 unspecified atom stereocenters. The summed E-state index contributed by atoms with van der Waals surface area (Å²) in [5.41, 5.74) is 7.08. The highest BCUT2D eigenvalue weighted by molar-refractivity contribution is 7.98. The Labute approximate surface area is 104 Å². The zero-order valence-electron chi connectivity index (χ0n) is 9.71. The molecule has 1 aromatic heterocycles. The third kappa shape index (κ3) is 2.52. The Kier molecular flexibility index (Phi) is 3.23. The summed E-state index contributed by atoms with van der Waals surface area (Å²) in [6.07, 6.45) is 0. The number of nitrogens with zero attached hydrogens (tertiary/aromatic N) is 3. The van der Waals surface area contributed by atoms with Gasteiger partial charge in [0.2, 0.25) is 0 Å². The smallest absolute Gasteiger partial charge is 0.191 e. The second-order valence-electron chi connectivity index (χ2n) is 3.77. The molecule has 1 aromatic carbocycles. The molecule has 1 heterocycles. The summed E-state index contributed by atoms with van der Waals surface area (Å²) < 4.78 is 1.94. The lowest BCUT2D eigenvalue weighted by atomic mass is 10.2. The normalized spacial score (nSPS) is 10.7. The number of phenols is 1. The topological polar surface area (TPSA) is 77.0 Å². The highest BCUT2D eigenvalue weighted by Crippen LogP contribution is 2.25. The molecule has 6 heteroatoms. The zero-order valence-corrected chi connectivity index (χ0v) is 10.5. The molecule has 2 rings (SSSR count). The van der Waals surface area contributed by atoms with E-state index in [1.54, 1.807) is 23.9 Å². The number of aromatic nitrogens is 3. The van der Waals surface area contributed by atoms with Crippen molar-refractivity contribution in [2.45, 2.75) is 17.8 Å². The van der Waals surface area contributed by atoms with Gasteiger partial charge in [-0.05, 0) is 24.6 Å². The number of rotatable bonds is 3. The van der Waals surface area contributed by atoms with Crippen LogP contribution in [-0.2, 0) is 12.8 Å². The molecule has 2 aromatic rings. The van der Waals surface area contributed by atoms with E-state index in [1.165, 1.54) is 0 Å². The van der Waals surface area contributed by atoms with E-state index in [2.05, 4.69) is 10.2 Å². The van der Waals surface area contributed by atoms with Crippen LogP contribution in [0.2, 0.25) is 0 Å². The first-order valence-corrected chi connectivity index (χ1v) is 6.12. The molecule has 0 radical (unpaired) electrons. The monoisotopic (exact) mass is 250 g/mol. The van der Waals surface area contributed by atoms with Gasteiger partial charge in [0.25, 0.3) is 0 Å². The number of phenolic OH excluding ortho intramolecular Hbond substituents is 1. The first-order chi connectivity index (χ1) is 8.08. The van der Waals surface area contributed by atoms with Crippen LogP contribution in [0.1, 0.15) is 11.4 Å². The summed E-state index contributed by atoms with van der Waals surface area (Å²) in [5, 5.41) is 18.2. The summed E-state index contributed by atoms with van der Waals surface area (Å²) in [6, 6.07) is 5.22. The van der Waals surface area contributed by atoms with Crippen LogP contribution in [0.5, 0.6) is 5.75 Å². The summed E-state index contributed by atoms with van der Waals surface area (Å²) in [7, 11) is 1.93. The average molecular weight is 250 g/mol. The second-order valence-corrected chi connectivity index (χ2v) is 4.71. The van der Waals surface area contributed by atoms with E-state index >= 15 is 0 Å². The molecular weight excluding hydrogens is 236 g/mol. The molecule has 0 spiro atoms. The maximum atomic E-state index is 9.32. The standard InChI is InChI=1S/C11H14N4OS/c1-7-13-14-11(15(7)2)17-6-8-3-4-10(16)9(12)5-8/h3-5,16H,6,12H2,1-2H3. The maximum absolute atomic E-state index is 9.32. The van der Waals surface area contributed by atoms with Crippen LogP contribution in [0.4, 0.5) is 5.69 Å². The van der Waals surface area contributed by atoms with E-state index in [0.29, 0.717) is 5.69 Å². The molecule has 0 aliphatic carbocycles. The van der Waals surface area contributed by atoms with Gasteiger partial charge in [0.1, 0.15) is 11.6 Å². The van der Waals surface area contributed by atoms with E-state index < -0.39 is 0 Å². The predicted molar refractivity (Wildman–Crippen MR) is 67.8 cm³/mol. The van der Waals surface area contributed by atoms with Crippen molar-refractivity contribution in [3.63, 3.8) is 0 Å². The molecule has 3 N–H and O–H groups in total. The van der Waals surface area contributed by atoms with Crippen molar-refractivity contribution in [2.75, 3.05) is 5.73 Å². The Morgan fingerprint density at radius 1 is 1.41 bits per heavy atom. The van der Waals surface area contributed by atoms with Gasteiger partial charge in [-0.2, -0.15) is 0 Å². The largest absolute Gasteiger partial charge is 0.506 e. The van der Waals surface area contributed by atoms with Crippen molar-refractivity contribution in [1.29, 1.82) is 0 Å². The number of nitrogen functional groups attached to an aromatic ring is 1. The molecule has 0 aliphatic heterocycles. The number of hydrogen-bond donors (Lipinski definition) is 2. The Morgan fingerprint density at radius 3 is 2.76 bits per heavy atom. The first kappa shape index (κ1) is 11.8. The molecule has 0 bridgehead atoms. The fourth-order valence-corrected chi connectivity index (χ4v) is 2.25. The number of aryl methyl sites for hydroxylation is 1. The van der Waals surface area contributed by atoms with Crippen LogP contribution in [0, 0.1) is 6.92 Å².